The second-order valence-corrected chi connectivity index (χ2v) is 9.53. The van der Waals surface area contributed by atoms with E-state index in [0.29, 0.717) is 19.5 Å². The van der Waals surface area contributed by atoms with Gasteiger partial charge in [-0.1, -0.05) is 18.2 Å². The molecule has 1 N–H and O–H groups in total. The fourth-order valence-corrected chi connectivity index (χ4v) is 5.05. The SMILES string of the molecule is CC1CN(Cc2ccc3ncsc3c2)C(=O)[C@H](Cc2ccc(O)cc2)N1C(=O)CN(C)C. The van der Waals surface area contributed by atoms with E-state index < -0.39 is 6.04 Å². The summed E-state index contributed by atoms with van der Waals surface area (Å²) in [6.07, 6.45) is 0.410. The highest BCUT2D eigenvalue weighted by Gasteiger charge is 2.41. The number of aromatic hydroxyl groups is 1. The molecule has 0 saturated carbocycles. The van der Waals surface area contributed by atoms with Crippen LogP contribution < -0.4 is 0 Å². The zero-order chi connectivity index (χ0) is 22.8. The zero-order valence-electron chi connectivity index (χ0n) is 18.6. The molecular weight excluding hydrogens is 424 g/mol. The normalized spacial score (nSPS) is 19.2. The van der Waals surface area contributed by atoms with E-state index in [1.807, 2.05) is 48.5 Å². The van der Waals surface area contributed by atoms with Crippen molar-refractivity contribution in [3.8, 4) is 5.75 Å². The minimum Gasteiger partial charge on any atom is -0.508 e. The number of aromatic nitrogens is 1. The zero-order valence-corrected chi connectivity index (χ0v) is 19.4. The van der Waals surface area contributed by atoms with Crippen molar-refractivity contribution in [2.45, 2.75) is 32.0 Å². The monoisotopic (exact) mass is 452 g/mol. The highest BCUT2D eigenvalue weighted by Crippen LogP contribution is 2.25. The Morgan fingerprint density at radius 1 is 1.19 bits per heavy atom. The minimum atomic E-state index is -0.581. The van der Waals surface area contributed by atoms with Gasteiger partial charge < -0.3 is 19.8 Å². The number of piperazine rings is 1. The van der Waals surface area contributed by atoms with E-state index in [1.165, 1.54) is 0 Å². The highest BCUT2D eigenvalue weighted by molar-refractivity contribution is 7.16. The second kappa shape index (κ2) is 9.26. The van der Waals surface area contributed by atoms with Crippen molar-refractivity contribution in [3.05, 3.63) is 59.1 Å². The second-order valence-electron chi connectivity index (χ2n) is 8.65. The molecule has 0 radical (unpaired) electrons. The highest BCUT2D eigenvalue weighted by atomic mass is 32.1. The third-order valence-corrected chi connectivity index (χ3v) is 6.56. The molecule has 1 aromatic heterocycles. The molecule has 2 amide bonds. The van der Waals surface area contributed by atoms with Gasteiger partial charge in [-0.25, -0.2) is 4.98 Å². The van der Waals surface area contributed by atoms with Gasteiger partial charge in [-0.05, 0) is 56.4 Å². The molecule has 2 aromatic carbocycles. The van der Waals surface area contributed by atoms with Crippen LogP contribution in [-0.4, -0.2) is 75.9 Å². The van der Waals surface area contributed by atoms with Crippen LogP contribution >= 0.6 is 11.3 Å². The smallest absolute Gasteiger partial charge is 0.246 e. The molecule has 3 aromatic rings. The van der Waals surface area contributed by atoms with E-state index >= 15 is 0 Å². The molecule has 2 heterocycles. The summed E-state index contributed by atoms with van der Waals surface area (Å²) in [7, 11) is 3.70. The first kappa shape index (κ1) is 22.2. The third kappa shape index (κ3) is 4.76. The predicted octanol–water partition coefficient (Wildman–Crippen LogP) is 2.73. The van der Waals surface area contributed by atoms with Crippen molar-refractivity contribution in [3.63, 3.8) is 0 Å². The van der Waals surface area contributed by atoms with Crippen molar-refractivity contribution in [2.24, 2.45) is 0 Å². The fourth-order valence-electron chi connectivity index (χ4n) is 4.31. The molecule has 2 atom stereocenters. The fraction of sp³-hybridized carbons (Fsp3) is 0.375. The summed E-state index contributed by atoms with van der Waals surface area (Å²) in [6, 6.07) is 12.2. The van der Waals surface area contributed by atoms with Crippen LogP contribution in [0.2, 0.25) is 0 Å². The molecule has 0 spiro atoms. The number of phenolic OH excluding ortho intramolecular Hbond substituents is 1. The molecule has 4 rings (SSSR count). The maximum atomic E-state index is 13.6. The van der Waals surface area contributed by atoms with E-state index in [-0.39, 0.29) is 30.2 Å². The number of likely N-dealkylation sites (N-methyl/N-ethyl adjacent to an activating group) is 1. The number of hydrogen-bond donors (Lipinski definition) is 1. The van der Waals surface area contributed by atoms with E-state index in [9.17, 15) is 14.7 Å². The standard InChI is InChI=1S/C24H28N4O3S/c1-16-12-27(13-18-6-9-20-22(11-18)32-15-25-20)24(31)21(28(16)23(30)14-26(2)3)10-17-4-7-19(29)8-5-17/h4-9,11,15-16,21,29H,10,12-14H2,1-3H3/t16?,21-/m0/s1. The Balaban J connectivity index is 1.60. The number of carbonyl (C=O) groups excluding carboxylic acids is 2. The lowest BCUT2D eigenvalue weighted by atomic mass is 9.97. The number of hydrogen-bond acceptors (Lipinski definition) is 6. The molecule has 168 valence electrons. The van der Waals surface area contributed by atoms with Gasteiger partial charge in [-0.2, -0.15) is 0 Å². The predicted molar refractivity (Wildman–Crippen MR) is 125 cm³/mol. The Morgan fingerprint density at radius 3 is 2.62 bits per heavy atom. The van der Waals surface area contributed by atoms with Crippen molar-refractivity contribution in [1.82, 2.24) is 19.7 Å². The van der Waals surface area contributed by atoms with Gasteiger partial charge in [-0.15, -0.1) is 11.3 Å². The average molecular weight is 453 g/mol. The number of nitrogens with zero attached hydrogens (tertiary/aromatic N) is 4. The maximum absolute atomic E-state index is 13.6. The lowest BCUT2D eigenvalue weighted by Gasteiger charge is -2.45. The lowest BCUT2D eigenvalue weighted by Crippen LogP contribution is -2.64. The molecule has 1 unspecified atom stereocenters. The van der Waals surface area contributed by atoms with Gasteiger partial charge in [0.15, 0.2) is 0 Å². The number of fused-ring (bicyclic) bond motifs is 1. The van der Waals surface area contributed by atoms with E-state index in [2.05, 4.69) is 11.1 Å². The van der Waals surface area contributed by atoms with Crippen LogP contribution in [-0.2, 0) is 22.6 Å². The molecule has 1 aliphatic heterocycles. The molecule has 1 aliphatic rings. The first-order valence-corrected chi connectivity index (χ1v) is 11.5. The molecule has 1 fully saturated rings. The third-order valence-electron chi connectivity index (χ3n) is 5.77. The Morgan fingerprint density at radius 2 is 1.91 bits per heavy atom. The molecule has 8 heteroatoms. The van der Waals surface area contributed by atoms with Crippen LogP contribution in [0.4, 0.5) is 0 Å². The Labute approximate surface area is 191 Å². The number of rotatable bonds is 6. The number of carbonyl (C=O) groups is 2. The largest absolute Gasteiger partial charge is 0.508 e. The van der Waals surface area contributed by atoms with E-state index in [4.69, 9.17) is 0 Å². The van der Waals surface area contributed by atoms with Gasteiger partial charge in [0.1, 0.15) is 11.8 Å². The first-order chi connectivity index (χ1) is 15.3. The number of benzene rings is 2. The van der Waals surface area contributed by atoms with Gasteiger partial charge in [0, 0.05) is 25.6 Å². The Hall–Kier alpha value is -2.97. The Bertz CT molecular complexity index is 1110. The topological polar surface area (TPSA) is 77.0 Å². The Kier molecular flexibility index (Phi) is 6.43. The van der Waals surface area contributed by atoms with Crippen LogP contribution in [0.5, 0.6) is 5.75 Å². The van der Waals surface area contributed by atoms with Crippen molar-refractivity contribution in [2.75, 3.05) is 27.2 Å². The number of thiazole rings is 1. The molecule has 0 aliphatic carbocycles. The van der Waals surface area contributed by atoms with Crippen molar-refractivity contribution in [1.29, 1.82) is 0 Å². The quantitative estimate of drug-likeness (QED) is 0.622. The minimum absolute atomic E-state index is 0.0484. The summed E-state index contributed by atoms with van der Waals surface area (Å²) in [4.78, 5) is 36.4. The van der Waals surface area contributed by atoms with Crippen molar-refractivity contribution >= 4 is 33.4 Å². The molecule has 1 saturated heterocycles. The molecule has 0 bridgehead atoms. The van der Waals surface area contributed by atoms with Crippen LogP contribution in [0.15, 0.2) is 48.0 Å². The van der Waals surface area contributed by atoms with Crippen LogP contribution in [0.25, 0.3) is 10.2 Å². The molecular formula is C24H28N4O3S. The number of phenols is 1. The summed E-state index contributed by atoms with van der Waals surface area (Å²) in [5.74, 6) is 0.0794. The summed E-state index contributed by atoms with van der Waals surface area (Å²) < 4.78 is 1.10. The average Bonchev–Trinajstić information content (AvgIpc) is 3.20. The lowest BCUT2D eigenvalue weighted by molar-refractivity contribution is -0.156. The molecule has 7 nitrogen and oxygen atoms in total. The van der Waals surface area contributed by atoms with Crippen LogP contribution in [0.3, 0.4) is 0 Å². The van der Waals surface area contributed by atoms with Crippen LogP contribution in [0, 0.1) is 0 Å². The van der Waals surface area contributed by atoms with Crippen molar-refractivity contribution < 1.29 is 14.7 Å². The first-order valence-electron chi connectivity index (χ1n) is 10.7. The summed E-state index contributed by atoms with van der Waals surface area (Å²) >= 11 is 1.59. The molecule has 32 heavy (non-hydrogen) atoms. The summed E-state index contributed by atoms with van der Waals surface area (Å²) in [5, 5.41) is 9.61. The summed E-state index contributed by atoms with van der Waals surface area (Å²) in [5.41, 5.74) is 4.75. The number of amides is 2. The van der Waals surface area contributed by atoms with Gasteiger partial charge in [0.25, 0.3) is 0 Å². The van der Waals surface area contributed by atoms with E-state index in [1.54, 1.807) is 40.5 Å². The maximum Gasteiger partial charge on any atom is 0.246 e. The van der Waals surface area contributed by atoms with Gasteiger partial charge in [0.2, 0.25) is 11.8 Å². The summed E-state index contributed by atoms with van der Waals surface area (Å²) in [6.45, 7) is 3.25. The van der Waals surface area contributed by atoms with E-state index in [0.717, 1.165) is 21.3 Å². The van der Waals surface area contributed by atoms with Gasteiger partial charge >= 0.3 is 0 Å². The van der Waals surface area contributed by atoms with Gasteiger partial charge in [0.05, 0.1) is 22.3 Å². The van der Waals surface area contributed by atoms with Gasteiger partial charge in [-0.3, -0.25) is 9.59 Å². The van der Waals surface area contributed by atoms with Crippen LogP contribution in [0.1, 0.15) is 18.1 Å².